The first kappa shape index (κ1) is 19.9. The molecule has 0 radical (unpaired) electrons. The number of rotatable bonds is 7. The smallest absolute Gasteiger partial charge is 0.203 e. The Balaban J connectivity index is 1.84. The van der Waals surface area contributed by atoms with E-state index in [0.717, 1.165) is 17.3 Å². The number of benzene rings is 2. The predicted octanol–water partition coefficient (Wildman–Crippen LogP) is 4.95. The van der Waals surface area contributed by atoms with Crippen LogP contribution in [0, 0.1) is 0 Å². The van der Waals surface area contributed by atoms with Crippen LogP contribution in [0.3, 0.4) is 0 Å². The summed E-state index contributed by atoms with van der Waals surface area (Å²) in [5.41, 5.74) is 2.39. The van der Waals surface area contributed by atoms with E-state index in [-0.39, 0.29) is 0 Å². The highest BCUT2D eigenvalue weighted by Crippen LogP contribution is 2.57. The molecule has 0 aliphatic carbocycles. The summed E-state index contributed by atoms with van der Waals surface area (Å²) in [5.74, 6) is 4.50. The van der Waals surface area contributed by atoms with Gasteiger partial charge in [-0.2, -0.15) is 0 Å². The van der Waals surface area contributed by atoms with E-state index in [0.29, 0.717) is 27.1 Å². The molecule has 0 amide bonds. The van der Waals surface area contributed by atoms with E-state index in [1.165, 1.54) is 11.1 Å². The highest BCUT2D eigenvalue weighted by Gasteiger charge is 2.30. The van der Waals surface area contributed by atoms with Gasteiger partial charge in [0.1, 0.15) is 0 Å². The summed E-state index contributed by atoms with van der Waals surface area (Å²) in [6, 6.07) is 10.2. The molecule has 146 valence electrons. The Morgan fingerprint density at radius 3 is 1.85 bits per heavy atom. The van der Waals surface area contributed by atoms with Gasteiger partial charge in [0, 0.05) is 11.0 Å². The largest absolute Gasteiger partial charge is 0.493 e. The van der Waals surface area contributed by atoms with E-state index in [9.17, 15) is 0 Å². The minimum atomic E-state index is 0.328. The van der Waals surface area contributed by atoms with Crippen LogP contribution in [0.2, 0.25) is 0 Å². The Labute approximate surface area is 168 Å². The van der Waals surface area contributed by atoms with E-state index in [2.05, 4.69) is 12.1 Å². The van der Waals surface area contributed by atoms with Gasteiger partial charge in [0.15, 0.2) is 23.0 Å². The Hall–Kier alpha value is -1.86. The van der Waals surface area contributed by atoms with Gasteiger partial charge in [-0.1, -0.05) is 6.07 Å². The number of thioether (sulfide) groups is 2. The second-order valence-electron chi connectivity index (χ2n) is 5.86. The SMILES string of the molecule is COc1ccc(C2SCC(c3cc(OC)c(OC)c(OC)c3)S2)cc1OC. The fourth-order valence-corrected chi connectivity index (χ4v) is 6.32. The van der Waals surface area contributed by atoms with Gasteiger partial charge in [0.2, 0.25) is 5.75 Å². The van der Waals surface area contributed by atoms with Crippen molar-refractivity contribution in [2.75, 3.05) is 41.3 Å². The molecule has 5 nitrogen and oxygen atoms in total. The lowest BCUT2D eigenvalue weighted by Crippen LogP contribution is -1.99. The van der Waals surface area contributed by atoms with Crippen LogP contribution in [0.4, 0.5) is 0 Å². The van der Waals surface area contributed by atoms with Crippen molar-refractivity contribution in [1.82, 2.24) is 0 Å². The molecule has 1 aliphatic rings. The predicted molar refractivity (Wildman–Crippen MR) is 111 cm³/mol. The number of methoxy groups -OCH3 is 5. The molecule has 1 heterocycles. The lowest BCUT2D eigenvalue weighted by molar-refractivity contribution is 0.324. The normalized spacial score (nSPS) is 18.9. The third kappa shape index (κ3) is 4.04. The first-order valence-corrected chi connectivity index (χ1v) is 10.4. The first-order valence-electron chi connectivity index (χ1n) is 8.44. The molecule has 0 bridgehead atoms. The molecule has 0 N–H and O–H groups in total. The standard InChI is InChI=1S/C20H24O5S2/c1-21-14-7-6-12(8-15(14)22-2)20-26-11-18(27-20)13-9-16(23-3)19(25-5)17(10-13)24-4/h6-10,18,20H,11H2,1-5H3. The summed E-state index contributed by atoms with van der Waals surface area (Å²) in [5, 5.41) is 0.335. The van der Waals surface area contributed by atoms with Crippen molar-refractivity contribution in [3.8, 4) is 28.7 Å². The van der Waals surface area contributed by atoms with Crippen LogP contribution in [-0.2, 0) is 0 Å². The van der Waals surface area contributed by atoms with Crippen molar-refractivity contribution in [2.45, 2.75) is 9.83 Å². The summed E-state index contributed by atoms with van der Waals surface area (Å²) < 4.78 is 27.5. The number of ether oxygens (including phenoxy) is 5. The molecule has 1 saturated heterocycles. The average Bonchev–Trinajstić information content (AvgIpc) is 3.22. The third-order valence-electron chi connectivity index (χ3n) is 4.43. The zero-order valence-corrected chi connectivity index (χ0v) is 17.7. The molecule has 27 heavy (non-hydrogen) atoms. The van der Waals surface area contributed by atoms with Crippen LogP contribution >= 0.6 is 23.5 Å². The maximum Gasteiger partial charge on any atom is 0.203 e. The van der Waals surface area contributed by atoms with Crippen LogP contribution < -0.4 is 23.7 Å². The molecular formula is C20H24O5S2. The van der Waals surface area contributed by atoms with Gasteiger partial charge in [-0.3, -0.25) is 0 Å². The van der Waals surface area contributed by atoms with Gasteiger partial charge in [-0.15, -0.1) is 23.5 Å². The minimum absolute atomic E-state index is 0.328. The second kappa shape index (κ2) is 8.89. The van der Waals surface area contributed by atoms with E-state index in [4.69, 9.17) is 23.7 Å². The highest BCUT2D eigenvalue weighted by molar-refractivity contribution is 8.19. The third-order valence-corrected chi connectivity index (χ3v) is 7.77. The fourth-order valence-electron chi connectivity index (χ4n) is 3.04. The quantitative estimate of drug-likeness (QED) is 0.642. The van der Waals surface area contributed by atoms with Gasteiger partial charge in [0.25, 0.3) is 0 Å². The Bertz CT molecular complexity index is 771. The molecule has 2 aromatic rings. The molecule has 0 saturated carbocycles. The Kier molecular flexibility index (Phi) is 6.55. The molecule has 2 aromatic carbocycles. The number of hydrogen-bond acceptors (Lipinski definition) is 7. The van der Waals surface area contributed by atoms with E-state index in [1.54, 1.807) is 35.5 Å². The molecule has 1 aliphatic heterocycles. The Morgan fingerprint density at radius 2 is 1.30 bits per heavy atom. The van der Waals surface area contributed by atoms with Crippen molar-refractivity contribution in [3.63, 3.8) is 0 Å². The lowest BCUT2D eigenvalue weighted by Gasteiger charge is -2.17. The van der Waals surface area contributed by atoms with E-state index < -0.39 is 0 Å². The summed E-state index contributed by atoms with van der Waals surface area (Å²) in [7, 11) is 8.22. The summed E-state index contributed by atoms with van der Waals surface area (Å²) in [6.45, 7) is 0. The van der Waals surface area contributed by atoms with Gasteiger partial charge in [-0.25, -0.2) is 0 Å². The fraction of sp³-hybridized carbons (Fsp3) is 0.400. The van der Waals surface area contributed by atoms with Gasteiger partial charge in [-0.05, 0) is 35.4 Å². The topological polar surface area (TPSA) is 46.2 Å². The van der Waals surface area contributed by atoms with Crippen LogP contribution in [0.1, 0.15) is 21.0 Å². The second-order valence-corrected chi connectivity index (χ2v) is 8.61. The minimum Gasteiger partial charge on any atom is -0.493 e. The molecule has 0 spiro atoms. The van der Waals surface area contributed by atoms with Gasteiger partial charge in [0.05, 0.1) is 40.1 Å². The van der Waals surface area contributed by atoms with Crippen LogP contribution in [0.5, 0.6) is 28.7 Å². The van der Waals surface area contributed by atoms with Crippen molar-refractivity contribution in [2.24, 2.45) is 0 Å². The number of hydrogen-bond donors (Lipinski definition) is 0. The zero-order chi connectivity index (χ0) is 19.4. The summed E-state index contributed by atoms with van der Waals surface area (Å²) in [6.07, 6.45) is 0. The molecule has 1 fully saturated rings. The molecular weight excluding hydrogens is 384 g/mol. The molecule has 2 unspecified atom stereocenters. The Morgan fingerprint density at radius 1 is 0.704 bits per heavy atom. The molecule has 0 aromatic heterocycles. The highest BCUT2D eigenvalue weighted by atomic mass is 32.2. The molecule has 2 atom stereocenters. The summed E-state index contributed by atoms with van der Waals surface area (Å²) >= 11 is 3.84. The van der Waals surface area contributed by atoms with Crippen LogP contribution in [0.15, 0.2) is 30.3 Å². The average molecular weight is 409 g/mol. The first-order chi connectivity index (χ1) is 13.1. The monoisotopic (exact) mass is 408 g/mol. The van der Waals surface area contributed by atoms with E-state index in [1.807, 2.05) is 41.7 Å². The molecule has 3 rings (SSSR count). The van der Waals surface area contributed by atoms with Gasteiger partial charge < -0.3 is 23.7 Å². The molecule has 7 heteroatoms. The maximum absolute atomic E-state index is 5.49. The lowest BCUT2D eigenvalue weighted by atomic mass is 10.1. The van der Waals surface area contributed by atoms with Crippen LogP contribution in [0.25, 0.3) is 0 Å². The van der Waals surface area contributed by atoms with Crippen molar-refractivity contribution >= 4 is 23.5 Å². The van der Waals surface area contributed by atoms with Crippen molar-refractivity contribution in [3.05, 3.63) is 41.5 Å². The van der Waals surface area contributed by atoms with E-state index >= 15 is 0 Å². The zero-order valence-electron chi connectivity index (χ0n) is 16.1. The maximum atomic E-state index is 5.49. The van der Waals surface area contributed by atoms with Gasteiger partial charge >= 0.3 is 0 Å². The summed E-state index contributed by atoms with van der Waals surface area (Å²) in [4.78, 5) is 0. The van der Waals surface area contributed by atoms with Crippen molar-refractivity contribution in [1.29, 1.82) is 0 Å². The van der Waals surface area contributed by atoms with Crippen molar-refractivity contribution < 1.29 is 23.7 Å². The van der Waals surface area contributed by atoms with Crippen LogP contribution in [-0.4, -0.2) is 41.3 Å².